The summed E-state index contributed by atoms with van der Waals surface area (Å²) in [7, 11) is 2.06. The van der Waals surface area contributed by atoms with Gasteiger partial charge >= 0.3 is 0 Å². The third-order valence-electron chi connectivity index (χ3n) is 4.25. The summed E-state index contributed by atoms with van der Waals surface area (Å²) in [6.45, 7) is 5.96. The van der Waals surface area contributed by atoms with Crippen LogP contribution in [0, 0.1) is 0 Å². The average Bonchev–Trinajstić information content (AvgIpc) is 2.47. The smallest absolute Gasteiger partial charge is 0.142 e. The van der Waals surface area contributed by atoms with E-state index in [0.717, 1.165) is 12.3 Å². The molecule has 0 aliphatic carbocycles. The van der Waals surface area contributed by atoms with Gasteiger partial charge in [-0.25, -0.2) is 0 Å². The van der Waals surface area contributed by atoms with Gasteiger partial charge in [-0.2, -0.15) is 0 Å². The minimum Gasteiger partial charge on any atom is -0.508 e. The van der Waals surface area contributed by atoms with Crippen molar-refractivity contribution >= 4 is 0 Å². The van der Waals surface area contributed by atoms with Gasteiger partial charge in [-0.1, -0.05) is 32.0 Å². The summed E-state index contributed by atoms with van der Waals surface area (Å²) < 4.78 is 5.72. The van der Waals surface area contributed by atoms with Crippen LogP contribution in [0.3, 0.4) is 0 Å². The molecule has 0 saturated carbocycles. The Balaban J connectivity index is 1.99. The van der Waals surface area contributed by atoms with Crippen LogP contribution in [0.1, 0.15) is 30.5 Å². The number of benzene rings is 2. The Hall–Kier alpha value is -2.00. The predicted octanol–water partition coefficient (Wildman–Crippen LogP) is 3.50. The first-order valence-electron chi connectivity index (χ1n) is 7.21. The predicted molar refractivity (Wildman–Crippen MR) is 83.6 cm³/mol. The Bertz CT molecular complexity index is 647. The summed E-state index contributed by atoms with van der Waals surface area (Å²) >= 11 is 0. The number of aromatic hydroxyl groups is 1. The maximum atomic E-state index is 9.46. The van der Waals surface area contributed by atoms with E-state index in [9.17, 15) is 5.11 Å². The lowest BCUT2D eigenvalue weighted by Crippen LogP contribution is -2.28. The lowest BCUT2D eigenvalue weighted by atomic mass is 9.77. The zero-order valence-corrected chi connectivity index (χ0v) is 12.8. The molecule has 2 aromatic carbocycles. The van der Waals surface area contributed by atoms with Gasteiger partial charge in [0.25, 0.3) is 0 Å². The fourth-order valence-corrected chi connectivity index (χ4v) is 2.79. The van der Waals surface area contributed by atoms with Gasteiger partial charge in [-0.05, 0) is 42.4 Å². The topological polar surface area (TPSA) is 32.7 Å². The van der Waals surface area contributed by atoms with E-state index in [0.29, 0.717) is 12.5 Å². The maximum absolute atomic E-state index is 9.46. The molecule has 1 N–H and O–H groups in total. The van der Waals surface area contributed by atoms with Crippen LogP contribution in [0.2, 0.25) is 0 Å². The molecule has 1 heterocycles. The summed E-state index contributed by atoms with van der Waals surface area (Å²) in [6.07, 6.45) is 0. The summed E-state index contributed by atoms with van der Waals surface area (Å²) in [6, 6.07) is 13.9. The van der Waals surface area contributed by atoms with E-state index in [2.05, 4.69) is 44.0 Å². The van der Waals surface area contributed by atoms with Crippen LogP contribution < -0.4 is 4.74 Å². The number of nitrogens with zero attached hydrogens (tertiary/aromatic N) is 1. The van der Waals surface area contributed by atoms with Gasteiger partial charge in [-0.15, -0.1) is 0 Å². The molecule has 0 fully saturated rings. The molecule has 1 aliphatic heterocycles. The highest BCUT2D eigenvalue weighted by Gasteiger charge is 2.25. The van der Waals surface area contributed by atoms with Crippen molar-refractivity contribution in [3.8, 4) is 11.5 Å². The van der Waals surface area contributed by atoms with E-state index in [-0.39, 0.29) is 5.41 Å². The van der Waals surface area contributed by atoms with Gasteiger partial charge in [0.05, 0.1) is 0 Å². The Labute approximate surface area is 125 Å². The Morgan fingerprint density at radius 1 is 1.05 bits per heavy atom. The molecule has 0 radical (unpaired) electrons. The van der Waals surface area contributed by atoms with Gasteiger partial charge in [0.1, 0.15) is 18.2 Å². The first-order valence-corrected chi connectivity index (χ1v) is 7.21. The highest BCUT2D eigenvalue weighted by molar-refractivity contribution is 5.45. The first kappa shape index (κ1) is 14.0. The minimum absolute atomic E-state index is 0.112. The number of phenolic OH excluding ortho intramolecular Hbond substituents is 1. The van der Waals surface area contributed by atoms with Crippen LogP contribution >= 0.6 is 0 Å². The van der Waals surface area contributed by atoms with E-state index in [1.807, 2.05) is 12.1 Å². The molecule has 2 aromatic rings. The van der Waals surface area contributed by atoms with Gasteiger partial charge < -0.3 is 9.84 Å². The summed E-state index contributed by atoms with van der Waals surface area (Å²) in [5.74, 6) is 1.29. The zero-order chi connectivity index (χ0) is 15.0. The number of hydrogen-bond donors (Lipinski definition) is 1. The third kappa shape index (κ3) is 2.61. The number of hydrogen-bond acceptors (Lipinski definition) is 3. The molecule has 0 amide bonds. The lowest BCUT2D eigenvalue weighted by molar-refractivity contribution is 0.121. The van der Waals surface area contributed by atoms with Crippen molar-refractivity contribution in [2.45, 2.75) is 25.8 Å². The van der Waals surface area contributed by atoms with Crippen molar-refractivity contribution in [1.82, 2.24) is 4.90 Å². The van der Waals surface area contributed by atoms with Crippen LogP contribution in [0.4, 0.5) is 0 Å². The van der Waals surface area contributed by atoms with Crippen LogP contribution in [0.5, 0.6) is 11.5 Å². The normalized spacial score (nSPS) is 15.4. The van der Waals surface area contributed by atoms with Crippen molar-refractivity contribution in [2.24, 2.45) is 0 Å². The molecule has 0 atom stereocenters. The summed E-state index contributed by atoms with van der Waals surface area (Å²) in [5, 5.41) is 9.46. The van der Waals surface area contributed by atoms with Gasteiger partial charge in [0.15, 0.2) is 0 Å². The van der Waals surface area contributed by atoms with Gasteiger partial charge in [-0.3, -0.25) is 4.90 Å². The lowest BCUT2D eigenvalue weighted by Gasteiger charge is -2.30. The van der Waals surface area contributed by atoms with Crippen molar-refractivity contribution in [3.05, 3.63) is 59.2 Å². The van der Waals surface area contributed by atoms with Crippen LogP contribution in [0.25, 0.3) is 0 Å². The van der Waals surface area contributed by atoms with Gasteiger partial charge in [0.2, 0.25) is 0 Å². The van der Waals surface area contributed by atoms with E-state index in [1.54, 1.807) is 12.1 Å². The highest BCUT2D eigenvalue weighted by Crippen LogP contribution is 2.35. The van der Waals surface area contributed by atoms with E-state index < -0.39 is 0 Å². The molecule has 0 bridgehead atoms. The molecule has 1 aliphatic rings. The standard InChI is InChI=1S/C18H21NO2/c1-18(2,14-4-7-16(20)8-5-14)15-6-9-17-13(10-15)11-19(3)12-21-17/h4-10,20H,11-12H2,1-3H3. The van der Waals surface area contributed by atoms with Crippen LogP contribution in [-0.4, -0.2) is 23.8 Å². The van der Waals surface area contributed by atoms with Crippen molar-refractivity contribution in [3.63, 3.8) is 0 Å². The average molecular weight is 283 g/mol. The molecule has 0 spiro atoms. The molecule has 3 nitrogen and oxygen atoms in total. The highest BCUT2D eigenvalue weighted by atomic mass is 16.5. The fraction of sp³-hybridized carbons (Fsp3) is 0.333. The summed E-state index contributed by atoms with van der Waals surface area (Å²) in [5.41, 5.74) is 3.56. The molecule has 3 rings (SSSR count). The van der Waals surface area contributed by atoms with E-state index in [4.69, 9.17) is 4.74 Å². The maximum Gasteiger partial charge on any atom is 0.142 e. The van der Waals surface area contributed by atoms with Gasteiger partial charge in [0, 0.05) is 17.5 Å². The molecule has 0 saturated heterocycles. The van der Waals surface area contributed by atoms with Crippen molar-refractivity contribution in [2.75, 3.05) is 13.8 Å². The van der Waals surface area contributed by atoms with Crippen LogP contribution in [-0.2, 0) is 12.0 Å². The monoisotopic (exact) mass is 283 g/mol. The number of phenols is 1. The molecular weight excluding hydrogens is 262 g/mol. The number of fused-ring (bicyclic) bond motifs is 1. The number of ether oxygens (including phenoxy) is 1. The quantitative estimate of drug-likeness (QED) is 0.915. The first-order chi connectivity index (χ1) is 9.96. The van der Waals surface area contributed by atoms with Crippen LogP contribution in [0.15, 0.2) is 42.5 Å². The zero-order valence-electron chi connectivity index (χ0n) is 12.8. The fourth-order valence-electron chi connectivity index (χ4n) is 2.79. The largest absolute Gasteiger partial charge is 0.508 e. The molecule has 110 valence electrons. The SMILES string of the molecule is CN1COc2ccc(C(C)(C)c3ccc(O)cc3)cc2C1. The van der Waals surface area contributed by atoms with Crippen molar-refractivity contribution in [1.29, 1.82) is 0 Å². The minimum atomic E-state index is -0.112. The second-order valence-electron chi connectivity index (χ2n) is 6.28. The second kappa shape index (κ2) is 5.08. The molecular formula is C18H21NO2. The number of rotatable bonds is 2. The Kier molecular flexibility index (Phi) is 3.38. The molecule has 3 heteroatoms. The molecule has 0 aromatic heterocycles. The Morgan fingerprint density at radius 3 is 2.43 bits per heavy atom. The van der Waals surface area contributed by atoms with Crippen molar-refractivity contribution < 1.29 is 9.84 Å². The second-order valence-corrected chi connectivity index (χ2v) is 6.28. The van der Waals surface area contributed by atoms with E-state index >= 15 is 0 Å². The molecule has 0 unspecified atom stereocenters. The van der Waals surface area contributed by atoms with E-state index in [1.165, 1.54) is 16.7 Å². The third-order valence-corrected chi connectivity index (χ3v) is 4.25. The summed E-state index contributed by atoms with van der Waals surface area (Å²) in [4.78, 5) is 2.15. The Morgan fingerprint density at radius 2 is 1.71 bits per heavy atom. The molecule has 21 heavy (non-hydrogen) atoms.